The van der Waals surface area contributed by atoms with Crippen molar-refractivity contribution in [3.63, 3.8) is 0 Å². The zero-order chi connectivity index (χ0) is 55.9. The van der Waals surface area contributed by atoms with E-state index in [1.165, 1.54) is 6.92 Å². The summed E-state index contributed by atoms with van der Waals surface area (Å²) in [6.45, 7) is 9.48. The number of pyridine rings is 1. The molecule has 5 N–H and O–H groups in total. The van der Waals surface area contributed by atoms with Gasteiger partial charge in [0.2, 0.25) is 5.88 Å². The highest BCUT2D eigenvalue weighted by molar-refractivity contribution is 7.90. The van der Waals surface area contributed by atoms with Crippen LogP contribution in [0, 0.1) is 15.5 Å². The predicted octanol–water partition coefficient (Wildman–Crippen LogP) is 8.21. The van der Waals surface area contributed by atoms with E-state index in [2.05, 4.69) is 37.0 Å². The smallest absolute Gasteiger partial charge is 0.470 e. The molecule has 80 heavy (non-hydrogen) atoms. The van der Waals surface area contributed by atoms with Gasteiger partial charge in [0.25, 0.3) is 21.6 Å². The van der Waals surface area contributed by atoms with Gasteiger partial charge >= 0.3 is 7.82 Å². The molecule has 0 bridgehead atoms. The topological polar surface area (TPSA) is 270 Å². The molecule has 3 saturated heterocycles. The summed E-state index contributed by atoms with van der Waals surface area (Å²) in [7, 11) is -9.75. The van der Waals surface area contributed by atoms with E-state index in [4.69, 9.17) is 33.2 Å². The van der Waals surface area contributed by atoms with Gasteiger partial charge in [0.05, 0.1) is 70.7 Å². The van der Waals surface area contributed by atoms with Gasteiger partial charge in [-0.15, -0.1) is 0 Å². The summed E-state index contributed by atoms with van der Waals surface area (Å²) in [4.78, 5) is 59.8. The van der Waals surface area contributed by atoms with E-state index in [-0.39, 0.29) is 79.5 Å². The van der Waals surface area contributed by atoms with E-state index < -0.39 is 62.7 Å². The minimum atomic E-state index is -4.87. The number of phosphoric acid groups is 1. The fourth-order valence-corrected chi connectivity index (χ4v) is 15.0. The maximum absolute atomic E-state index is 16.6. The SMILES string of the molecule is CC(C)Oc1ccccc1[C@@H]1COCCN1C1CC2(CCN(c3ccc(C(=O)NS(=O)(=O)c4cc5c(c([N+](=O)[O-])c4)N[C@@H](C4(F)CCC(C)(OP(=O)(O)O)CC4)CO5)c(N4c5cc6cc[nH]c6nc5O[C@H]5COCC[C@@H]54)c3)CC2)C1. The molecular weight excluding hydrogens is 1080 g/mol. The second-order valence-corrected chi connectivity index (χ2v) is 25.9. The zero-order valence-electron chi connectivity index (χ0n) is 44.7. The van der Waals surface area contributed by atoms with Gasteiger partial charge in [-0.1, -0.05) is 18.2 Å². The normalized spacial score (nSPS) is 27.0. The first kappa shape index (κ1) is 54.5. The largest absolute Gasteiger partial charge is 0.491 e. The number of nitro groups is 1. The highest BCUT2D eigenvalue weighted by atomic mass is 32.2. The quantitative estimate of drug-likeness (QED) is 0.0422. The van der Waals surface area contributed by atoms with Crippen LogP contribution < -0.4 is 34.0 Å². The molecule has 1 spiro atoms. The minimum Gasteiger partial charge on any atom is -0.491 e. The first-order valence-electron chi connectivity index (χ1n) is 27.4. The Bertz CT molecular complexity index is 3370. The number of phosphoric ester groups is 1. The molecule has 428 valence electrons. The van der Waals surface area contributed by atoms with Crippen LogP contribution in [0.15, 0.2) is 77.8 Å². The third kappa shape index (κ3) is 10.5. The maximum atomic E-state index is 16.6. The van der Waals surface area contributed by atoms with Gasteiger partial charge in [-0.3, -0.25) is 24.3 Å². The average Bonchev–Trinajstić information content (AvgIpc) is 4.03. The third-order valence-corrected chi connectivity index (χ3v) is 19.5. The Morgan fingerprint density at radius 3 is 2.48 bits per heavy atom. The molecule has 5 aliphatic heterocycles. The number of rotatable bonds is 13. The number of alkyl halides is 1. The van der Waals surface area contributed by atoms with Crippen molar-refractivity contribution >= 4 is 63.2 Å². The standard InChI is InChI=1S/C55H66FN8O14PS/c1-33(2)76-45-7-5-4-6-38(45)44-30-74-23-21-62(44)36-28-54(29-36)16-19-61(20-17-54)35-8-9-39(41(25-35)63-40-11-22-73-31-47(40)77-52-43(63)24-34-10-18-57-50(34)59-52)51(65)60-80(71,72)37-26-42(64(66)67)49-46(27-37)75-32-48(58-49)55(56)14-12-53(3,13-15-55)78-79(68,69)70/h4-10,18,24-27,33,36,40,44,47-48,58H,11-17,19-23,28-32H2,1-3H3,(H,57,59)(H,60,65)(H2,68,69,70)/t40-,44-,47-,48+,53?,55?/m0/s1. The Kier molecular flexibility index (Phi) is 14.1. The van der Waals surface area contributed by atoms with Crippen LogP contribution in [0.4, 0.5) is 32.8 Å². The third-order valence-electron chi connectivity index (χ3n) is 17.5. The molecular formula is C55H66FN8O14PS. The van der Waals surface area contributed by atoms with Gasteiger partial charge in [0, 0.05) is 67.2 Å². The zero-order valence-corrected chi connectivity index (χ0v) is 46.4. The number of morpholine rings is 1. The van der Waals surface area contributed by atoms with Crippen molar-refractivity contribution in [2.75, 3.05) is 67.8 Å². The molecule has 0 radical (unpaired) electrons. The predicted molar refractivity (Wildman–Crippen MR) is 292 cm³/mol. The number of anilines is 4. The summed E-state index contributed by atoms with van der Waals surface area (Å²) in [5.74, 6) is -0.0440. The van der Waals surface area contributed by atoms with Gasteiger partial charge in [-0.25, -0.2) is 22.1 Å². The number of ether oxygens (including phenoxy) is 5. The van der Waals surface area contributed by atoms with Crippen LogP contribution in [-0.2, 0) is 28.6 Å². The maximum Gasteiger partial charge on any atom is 0.470 e. The van der Waals surface area contributed by atoms with Gasteiger partial charge in [0.1, 0.15) is 35.5 Å². The summed E-state index contributed by atoms with van der Waals surface area (Å²) < 4.78 is 94.9. The summed E-state index contributed by atoms with van der Waals surface area (Å²) in [6.07, 6.45) is 5.31. The fraction of sp³-hybridized carbons (Fsp3) is 0.527. The van der Waals surface area contributed by atoms with Crippen LogP contribution in [-0.4, -0.2) is 138 Å². The molecule has 7 heterocycles. The first-order valence-corrected chi connectivity index (χ1v) is 30.4. The van der Waals surface area contributed by atoms with E-state index in [0.717, 1.165) is 79.8 Å². The Balaban J connectivity index is 0.815. The van der Waals surface area contributed by atoms with Crippen LogP contribution in [0.25, 0.3) is 11.0 Å². The summed E-state index contributed by atoms with van der Waals surface area (Å²) >= 11 is 0. The van der Waals surface area contributed by atoms with Crippen LogP contribution in [0.1, 0.15) is 101 Å². The summed E-state index contributed by atoms with van der Waals surface area (Å²) in [5.41, 5.74) is -0.587. The number of sulfonamides is 1. The second-order valence-electron chi connectivity index (χ2n) is 23.1. The molecule has 7 aliphatic rings. The molecule has 0 unspecified atom stereocenters. The van der Waals surface area contributed by atoms with Gasteiger partial charge < -0.3 is 53.6 Å². The van der Waals surface area contributed by atoms with E-state index in [9.17, 15) is 37.7 Å². The minimum absolute atomic E-state index is 0.0107. The van der Waals surface area contributed by atoms with Crippen molar-refractivity contribution in [1.82, 2.24) is 19.6 Å². The average molecular weight is 1150 g/mol. The second kappa shape index (κ2) is 20.7. The number of H-pyrrole nitrogens is 1. The molecule has 3 aromatic carbocycles. The number of nitrogens with one attached hydrogen (secondary N) is 3. The monoisotopic (exact) mass is 1140 g/mol. The number of hydrogen-bond acceptors (Lipinski definition) is 17. The molecule has 1 amide bonds. The van der Waals surface area contributed by atoms with Crippen LogP contribution in [0.3, 0.4) is 0 Å². The lowest BCUT2D eigenvalue weighted by molar-refractivity contribution is -0.384. The molecule has 2 aromatic heterocycles. The number of halogens is 1. The Hall–Kier alpha value is -6.11. The van der Waals surface area contributed by atoms with Crippen molar-refractivity contribution in [3.05, 3.63) is 94.2 Å². The highest BCUT2D eigenvalue weighted by Crippen LogP contribution is 2.55. The van der Waals surface area contributed by atoms with Crippen LogP contribution in [0.5, 0.6) is 17.4 Å². The Labute approximate surface area is 462 Å². The molecule has 2 saturated carbocycles. The summed E-state index contributed by atoms with van der Waals surface area (Å²) in [6, 6.07) is 18.3. The number of fused-ring (bicyclic) bond motifs is 4. The number of para-hydroxylation sites is 1. The summed E-state index contributed by atoms with van der Waals surface area (Å²) in [5, 5.41) is 16.3. The van der Waals surface area contributed by atoms with Crippen molar-refractivity contribution in [1.29, 1.82) is 0 Å². The molecule has 4 atom stereocenters. The van der Waals surface area contributed by atoms with Crippen molar-refractivity contribution in [2.45, 2.75) is 131 Å². The number of hydrogen-bond donors (Lipinski definition) is 5. The van der Waals surface area contributed by atoms with Gasteiger partial charge in [-0.2, -0.15) is 4.98 Å². The molecule has 22 nitrogen and oxygen atoms in total. The molecule has 12 rings (SSSR count). The Morgan fingerprint density at radius 1 is 0.963 bits per heavy atom. The highest BCUT2D eigenvalue weighted by Gasteiger charge is 2.52. The number of nitrogens with zero attached hydrogens (tertiary/aromatic N) is 5. The van der Waals surface area contributed by atoms with Gasteiger partial charge in [-0.05, 0) is 120 Å². The number of aromatic amines is 1. The number of nitro benzene ring substituents is 1. The number of piperidine rings is 1. The molecule has 25 heteroatoms. The Morgan fingerprint density at radius 2 is 1.73 bits per heavy atom. The lowest BCUT2D eigenvalue weighted by Crippen LogP contribution is -2.57. The van der Waals surface area contributed by atoms with E-state index in [1.807, 2.05) is 55.1 Å². The number of amides is 1. The number of aromatic nitrogens is 2. The molecule has 2 aliphatic carbocycles. The molecule has 5 aromatic rings. The fourth-order valence-electron chi connectivity index (χ4n) is 13.3. The first-order chi connectivity index (χ1) is 38.2. The van der Waals surface area contributed by atoms with Crippen LogP contribution in [0.2, 0.25) is 0 Å². The van der Waals surface area contributed by atoms with E-state index in [1.54, 1.807) is 12.3 Å². The van der Waals surface area contributed by atoms with Crippen LogP contribution >= 0.6 is 7.82 Å². The van der Waals surface area contributed by atoms with E-state index >= 15 is 4.39 Å². The van der Waals surface area contributed by atoms with E-state index in [0.29, 0.717) is 55.2 Å². The number of carbonyl (C=O) groups excluding carboxylic acids is 1. The number of benzene rings is 3. The number of carbonyl (C=O) groups is 1. The lowest BCUT2D eigenvalue weighted by Gasteiger charge is -2.57. The lowest BCUT2D eigenvalue weighted by atomic mass is 9.59. The molecule has 5 fully saturated rings. The van der Waals surface area contributed by atoms with Crippen molar-refractivity contribution in [3.8, 4) is 17.4 Å². The van der Waals surface area contributed by atoms with Crippen molar-refractivity contribution < 1.29 is 65.1 Å². The van der Waals surface area contributed by atoms with Gasteiger partial charge in [0.15, 0.2) is 11.4 Å². The van der Waals surface area contributed by atoms with Crippen molar-refractivity contribution in [2.24, 2.45) is 5.41 Å².